The third-order valence-electron chi connectivity index (χ3n) is 3.41. The maximum absolute atomic E-state index is 12.6. The summed E-state index contributed by atoms with van der Waals surface area (Å²) in [4.78, 5) is 1.92. The molecule has 6 heteroatoms. The summed E-state index contributed by atoms with van der Waals surface area (Å²) in [7, 11) is 0. The van der Waals surface area contributed by atoms with Gasteiger partial charge in [0.1, 0.15) is 0 Å². The first-order chi connectivity index (χ1) is 9.29. The third-order valence-corrected chi connectivity index (χ3v) is 4.05. The lowest BCUT2D eigenvalue weighted by Crippen LogP contribution is -2.32. The van der Waals surface area contributed by atoms with E-state index in [4.69, 9.17) is 5.73 Å². The van der Waals surface area contributed by atoms with Crippen molar-refractivity contribution in [3.8, 4) is 0 Å². The molecule has 1 atom stereocenters. The molecule has 0 amide bonds. The first-order valence-electron chi connectivity index (χ1n) is 6.35. The van der Waals surface area contributed by atoms with Gasteiger partial charge in [0.15, 0.2) is 0 Å². The number of nitrogens with two attached hydrogens (primary N) is 1. The van der Waals surface area contributed by atoms with Crippen LogP contribution in [0, 0.1) is 0 Å². The molecule has 1 aromatic rings. The van der Waals surface area contributed by atoms with E-state index in [1.807, 2.05) is 30.0 Å². The maximum atomic E-state index is 12.6. The fraction of sp³-hybridized carbons (Fsp3) is 0.429. The molecule has 0 saturated carbocycles. The van der Waals surface area contributed by atoms with E-state index in [0.29, 0.717) is 6.54 Å². The second-order valence-electron chi connectivity index (χ2n) is 4.92. The van der Waals surface area contributed by atoms with Gasteiger partial charge in [-0.25, -0.2) is 0 Å². The van der Waals surface area contributed by atoms with Gasteiger partial charge >= 0.3 is 6.18 Å². The molecule has 0 bridgehead atoms. The molecule has 2 N–H and O–H groups in total. The fourth-order valence-corrected chi connectivity index (χ4v) is 2.86. The van der Waals surface area contributed by atoms with Crippen LogP contribution in [0.25, 0.3) is 0 Å². The molecule has 2 nitrogen and oxygen atoms in total. The van der Waals surface area contributed by atoms with Gasteiger partial charge in [-0.05, 0) is 47.0 Å². The van der Waals surface area contributed by atoms with Crippen LogP contribution in [0.3, 0.4) is 0 Å². The van der Waals surface area contributed by atoms with E-state index in [0.717, 1.165) is 15.7 Å². The van der Waals surface area contributed by atoms with Crippen molar-refractivity contribution in [2.75, 3.05) is 18.0 Å². The number of benzene rings is 1. The van der Waals surface area contributed by atoms with Crippen molar-refractivity contribution >= 4 is 21.6 Å². The van der Waals surface area contributed by atoms with E-state index in [2.05, 4.69) is 15.9 Å². The predicted molar refractivity (Wildman–Crippen MR) is 77.7 cm³/mol. The summed E-state index contributed by atoms with van der Waals surface area (Å²) in [5, 5.41) is 0. The van der Waals surface area contributed by atoms with Gasteiger partial charge in [0.05, 0.1) is 5.69 Å². The molecule has 0 unspecified atom stereocenters. The van der Waals surface area contributed by atoms with E-state index in [-0.39, 0.29) is 19.0 Å². The van der Waals surface area contributed by atoms with Crippen molar-refractivity contribution in [2.45, 2.75) is 25.6 Å². The Morgan fingerprint density at radius 2 is 2.05 bits per heavy atom. The van der Waals surface area contributed by atoms with Gasteiger partial charge < -0.3 is 10.6 Å². The SMILES string of the molecule is C[C@H](N)c1ccc(N2CC=C(C(F)(F)F)CC2)c(Br)c1. The molecule has 0 fully saturated rings. The van der Waals surface area contributed by atoms with Crippen LogP contribution in [0.2, 0.25) is 0 Å². The lowest BCUT2D eigenvalue weighted by molar-refractivity contribution is -0.0943. The molecule has 1 aromatic carbocycles. The highest BCUT2D eigenvalue weighted by molar-refractivity contribution is 9.10. The quantitative estimate of drug-likeness (QED) is 0.812. The Bertz CT molecular complexity index is 524. The zero-order valence-corrected chi connectivity index (χ0v) is 12.6. The van der Waals surface area contributed by atoms with Gasteiger partial charge in [-0.1, -0.05) is 12.1 Å². The maximum Gasteiger partial charge on any atom is 0.412 e. The van der Waals surface area contributed by atoms with Crippen molar-refractivity contribution in [3.05, 3.63) is 39.9 Å². The molecule has 0 radical (unpaired) electrons. The second kappa shape index (κ2) is 5.77. The largest absolute Gasteiger partial charge is 0.412 e. The molecule has 2 rings (SSSR count). The number of hydrogen-bond acceptors (Lipinski definition) is 2. The third kappa shape index (κ3) is 3.35. The molecular weight excluding hydrogens is 333 g/mol. The van der Waals surface area contributed by atoms with Crippen LogP contribution >= 0.6 is 15.9 Å². The van der Waals surface area contributed by atoms with Crippen LogP contribution in [0.4, 0.5) is 18.9 Å². The molecule has 110 valence electrons. The molecule has 1 aliphatic rings. The van der Waals surface area contributed by atoms with E-state index in [1.165, 1.54) is 6.08 Å². The molecular formula is C14H16BrF3N2. The predicted octanol–water partition coefficient (Wildman–Crippen LogP) is 4.17. The summed E-state index contributed by atoms with van der Waals surface area (Å²) in [6, 6.07) is 5.66. The highest BCUT2D eigenvalue weighted by Crippen LogP contribution is 2.34. The normalized spacial score (nSPS) is 17.9. The number of halogens is 4. The smallest absolute Gasteiger partial charge is 0.367 e. The van der Waals surface area contributed by atoms with Crippen molar-refractivity contribution in [1.29, 1.82) is 0 Å². The second-order valence-corrected chi connectivity index (χ2v) is 5.78. The Balaban J connectivity index is 2.17. The van der Waals surface area contributed by atoms with Crippen molar-refractivity contribution in [2.24, 2.45) is 5.73 Å². The molecule has 20 heavy (non-hydrogen) atoms. The summed E-state index contributed by atoms with van der Waals surface area (Å²) in [5.41, 5.74) is 7.26. The van der Waals surface area contributed by atoms with Gasteiger partial charge in [0, 0.05) is 29.2 Å². The van der Waals surface area contributed by atoms with Gasteiger partial charge in [-0.2, -0.15) is 13.2 Å². The lowest BCUT2D eigenvalue weighted by Gasteiger charge is -2.30. The zero-order valence-electron chi connectivity index (χ0n) is 11.0. The summed E-state index contributed by atoms with van der Waals surface area (Å²) >= 11 is 3.47. The van der Waals surface area contributed by atoms with Gasteiger partial charge in [0.2, 0.25) is 0 Å². The topological polar surface area (TPSA) is 29.3 Å². The Morgan fingerprint density at radius 1 is 1.35 bits per heavy atom. The van der Waals surface area contributed by atoms with Crippen LogP contribution in [-0.2, 0) is 0 Å². The van der Waals surface area contributed by atoms with Crippen molar-refractivity contribution < 1.29 is 13.2 Å². The van der Waals surface area contributed by atoms with Gasteiger partial charge in [-0.3, -0.25) is 0 Å². The monoisotopic (exact) mass is 348 g/mol. The Labute approximate surface area is 124 Å². The zero-order chi connectivity index (χ0) is 14.9. The first kappa shape index (κ1) is 15.4. The standard InChI is InChI=1S/C14H16BrF3N2/c1-9(19)10-2-3-13(12(15)8-10)20-6-4-11(5-7-20)14(16,17)18/h2-4,8-9H,5-7,19H2,1H3/t9-/m0/s1. The number of alkyl halides is 3. The average molecular weight is 349 g/mol. The number of rotatable bonds is 2. The minimum atomic E-state index is -4.21. The number of nitrogens with zero attached hydrogens (tertiary/aromatic N) is 1. The van der Waals surface area contributed by atoms with Crippen molar-refractivity contribution in [1.82, 2.24) is 0 Å². The first-order valence-corrected chi connectivity index (χ1v) is 7.14. The molecule has 1 aliphatic heterocycles. The highest BCUT2D eigenvalue weighted by Gasteiger charge is 2.34. The highest BCUT2D eigenvalue weighted by atomic mass is 79.9. The summed E-state index contributed by atoms with van der Waals surface area (Å²) in [6.07, 6.45) is -2.93. The summed E-state index contributed by atoms with van der Waals surface area (Å²) < 4.78 is 38.6. The molecule has 0 saturated heterocycles. The lowest BCUT2D eigenvalue weighted by atomic mass is 10.1. The Hall–Kier alpha value is -1.01. The van der Waals surface area contributed by atoms with E-state index < -0.39 is 11.7 Å². The number of anilines is 1. The van der Waals surface area contributed by atoms with Gasteiger partial charge in [-0.15, -0.1) is 0 Å². The average Bonchev–Trinajstić information content (AvgIpc) is 2.37. The van der Waals surface area contributed by atoms with Crippen LogP contribution in [-0.4, -0.2) is 19.3 Å². The number of hydrogen-bond donors (Lipinski definition) is 1. The minimum Gasteiger partial charge on any atom is -0.367 e. The molecule has 0 aliphatic carbocycles. The fourth-order valence-electron chi connectivity index (χ4n) is 2.21. The Morgan fingerprint density at radius 3 is 2.50 bits per heavy atom. The van der Waals surface area contributed by atoms with Crippen LogP contribution in [0.5, 0.6) is 0 Å². The van der Waals surface area contributed by atoms with E-state index >= 15 is 0 Å². The Kier molecular flexibility index (Phi) is 4.44. The van der Waals surface area contributed by atoms with E-state index in [1.54, 1.807) is 0 Å². The molecule has 0 spiro atoms. The molecule has 0 aromatic heterocycles. The summed E-state index contributed by atoms with van der Waals surface area (Å²) in [6.45, 7) is 2.52. The molecule has 1 heterocycles. The minimum absolute atomic E-state index is 0.0188. The van der Waals surface area contributed by atoms with Crippen molar-refractivity contribution in [3.63, 3.8) is 0 Å². The van der Waals surface area contributed by atoms with E-state index in [9.17, 15) is 13.2 Å². The van der Waals surface area contributed by atoms with Crippen LogP contribution in [0.1, 0.15) is 24.9 Å². The van der Waals surface area contributed by atoms with Crippen LogP contribution < -0.4 is 10.6 Å². The summed E-state index contributed by atoms with van der Waals surface area (Å²) in [5.74, 6) is 0. The van der Waals surface area contributed by atoms with Gasteiger partial charge in [0.25, 0.3) is 0 Å². The van der Waals surface area contributed by atoms with Crippen LogP contribution in [0.15, 0.2) is 34.3 Å².